The Hall–Kier alpha value is -5.11. The first-order chi connectivity index (χ1) is 43.4. The first kappa shape index (κ1) is 73.9. The molecule has 24 nitrogen and oxygen atoms in total. The number of fused-ring (bicyclic) bond motifs is 2. The summed E-state index contributed by atoms with van der Waals surface area (Å²) in [5.41, 5.74) is 5.44. The highest BCUT2D eigenvalue weighted by molar-refractivity contribution is 7.94. The van der Waals surface area contributed by atoms with E-state index in [1.807, 2.05) is 36.2 Å². The first-order valence-electron chi connectivity index (χ1n) is 29.8. The Bertz CT molecular complexity index is 3160. The smallest absolute Gasteiger partial charge is 0.317 e. The average molecular weight is 1370 g/mol. The third kappa shape index (κ3) is 24.7. The lowest BCUT2D eigenvalue weighted by molar-refractivity contribution is 0.0505. The van der Waals surface area contributed by atoms with Gasteiger partial charge in [-0.1, -0.05) is 84.2 Å². The van der Waals surface area contributed by atoms with Crippen molar-refractivity contribution in [1.29, 1.82) is 0 Å². The van der Waals surface area contributed by atoms with E-state index in [0.29, 0.717) is 66.1 Å². The van der Waals surface area contributed by atoms with Crippen molar-refractivity contribution in [3.05, 3.63) is 144 Å². The Morgan fingerprint density at radius 1 is 0.589 bits per heavy atom. The molecule has 90 heavy (non-hydrogen) atoms. The highest BCUT2D eigenvalue weighted by Crippen LogP contribution is 2.41. The maximum Gasteiger partial charge on any atom is 0.317 e. The molecule has 0 saturated heterocycles. The molecular weight excluding hydrogens is 1290 g/mol. The number of rotatable bonds is 41. The first-order valence-corrected chi connectivity index (χ1v) is 34.2. The maximum atomic E-state index is 13.3. The molecule has 498 valence electrons. The third-order valence-electron chi connectivity index (χ3n) is 14.4. The fourth-order valence-corrected chi connectivity index (χ4v) is 13.0. The molecule has 0 bridgehead atoms. The molecule has 2 heterocycles. The molecule has 0 fully saturated rings. The number of nitrogens with one attached hydrogen (secondary N) is 7. The summed E-state index contributed by atoms with van der Waals surface area (Å²) in [6.07, 6.45) is 1.74. The summed E-state index contributed by atoms with van der Waals surface area (Å²) in [6, 6.07) is 19.4. The highest BCUT2D eigenvalue weighted by atomic mass is 35.5. The number of benzene rings is 4. The summed E-state index contributed by atoms with van der Waals surface area (Å²) >= 11 is 25.9. The van der Waals surface area contributed by atoms with Gasteiger partial charge in [0.05, 0.1) is 77.6 Å². The van der Waals surface area contributed by atoms with Gasteiger partial charge in [-0.15, -0.1) is 6.54 Å². The van der Waals surface area contributed by atoms with Crippen LogP contribution in [0.15, 0.2) is 95.4 Å². The van der Waals surface area contributed by atoms with Gasteiger partial charge in [-0.25, -0.2) is 35.9 Å². The summed E-state index contributed by atoms with van der Waals surface area (Å²) in [7, 11) is -6.00. The molecule has 0 aliphatic carbocycles. The van der Waals surface area contributed by atoms with E-state index >= 15 is 0 Å². The number of hydrogen-bond acceptors (Lipinski definition) is 16. The number of amides is 6. The number of hydrogen-bond donors (Lipinski definition) is 7. The molecule has 30 heteroatoms. The van der Waals surface area contributed by atoms with E-state index in [2.05, 4.69) is 59.7 Å². The SMILES string of the molecule is C=CN1Cc2c(Cl)cc(Cl)cc2[C@H](c2cccc(S(=O)(=O)NCCOCCOCCNC(=O)NCCN(CCNC(=O)NCCOCCOCC[N-]S(=O)(=O)c3cccc([C@@H]4CN(CC)Cc5c(Cl)cc(Cl)cc54)c3)C(=O)NCCOCCOCCNC)c2)C1. The van der Waals surface area contributed by atoms with Gasteiger partial charge in [-0.05, 0) is 102 Å². The van der Waals surface area contributed by atoms with Gasteiger partial charge < -0.3 is 74.8 Å². The summed E-state index contributed by atoms with van der Waals surface area (Å²) in [5, 5.41) is 18.8. The van der Waals surface area contributed by atoms with E-state index in [0.717, 1.165) is 46.5 Å². The zero-order valence-electron chi connectivity index (χ0n) is 50.9. The van der Waals surface area contributed by atoms with Crippen molar-refractivity contribution in [3.63, 3.8) is 0 Å². The van der Waals surface area contributed by atoms with E-state index in [1.54, 1.807) is 42.6 Å². The molecule has 0 saturated carbocycles. The van der Waals surface area contributed by atoms with Crippen molar-refractivity contribution in [3.8, 4) is 0 Å². The summed E-state index contributed by atoms with van der Waals surface area (Å²) < 4.78 is 92.9. The molecule has 7 N–H and O–H groups in total. The van der Waals surface area contributed by atoms with E-state index in [-0.39, 0.29) is 140 Å². The lowest BCUT2D eigenvalue weighted by atomic mass is 9.84. The second kappa shape index (κ2) is 39.4. The minimum Gasteiger partial charge on any atom is -0.543 e. The van der Waals surface area contributed by atoms with Crippen LogP contribution in [-0.4, -0.2) is 221 Å². The lowest BCUT2D eigenvalue weighted by Gasteiger charge is -2.35. The van der Waals surface area contributed by atoms with Crippen LogP contribution in [0.5, 0.6) is 0 Å². The van der Waals surface area contributed by atoms with Gasteiger partial charge in [0.2, 0.25) is 10.0 Å². The topological polar surface area (TPSA) is 283 Å². The van der Waals surface area contributed by atoms with Crippen LogP contribution in [0.2, 0.25) is 20.1 Å². The van der Waals surface area contributed by atoms with Crippen LogP contribution < -0.4 is 36.6 Å². The molecule has 2 atom stereocenters. The molecule has 2 aliphatic rings. The average Bonchev–Trinajstić information content (AvgIpc) is 1.25. The minimum atomic E-state index is -3.97. The summed E-state index contributed by atoms with van der Waals surface area (Å²) in [6.45, 7) is 13.8. The zero-order chi connectivity index (χ0) is 64.7. The Labute approximate surface area is 549 Å². The predicted molar refractivity (Wildman–Crippen MR) is 348 cm³/mol. The van der Waals surface area contributed by atoms with Gasteiger partial charge in [0.15, 0.2) is 0 Å². The van der Waals surface area contributed by atoms with E-state index in [9.17, 15) is 31.2 Å². The number of sulfonamides is 2. The number of halogens is 4. The van der Waals surface area contributed by atoms with Crippen LogP contribution >= 0.6 is 46.4 Å². The van der Waals surface area contributed by atoms with Crippen LogP contribution in [0.4, 0.5) is 14.4 Å². The number of likely N-dealkylation sites (N-methyl/N-ethyl adjacent to an activating group) is 2. The van der Waals surface area contributed by atoms with Crippen molar-refractivity contribution in [1.82, 2.24) is 51.3 Å². The lowest BCUT2D eigenvalue weighted by Crippen LogP contribution is -2.49. The van der Waals surface area contributed by atoms with Gasteiger partial charge in [0.25, 0.3) is 0 Å². The molecule has 4 aromatic carbocycles. The van der Waals surface area contributed by atoms with Crippen LogP contribution in [0.1, 0.15) is 52.1 Å². The van der Waals surface area contributed by atoms with Crippen LogP contribution in [0.25, 0.3) is 4.72 Å². The molecule has 0 aromatic heterocycles. The number of urea groups is 3. The molecular formula is C60H84Cl4N11O13S2-. The standard InChI is InChI=1S/C60H84Cl4N11O13S2/c1-4-73-40-52(50-36-46(61)38-56(63)54(50)42-73)44-8-6-10-48(34-44)89(79,80)71-18-26-87-32-30-84-23-15-68-58(76)66-12-20-75(60(78)70-17-25-86-29-28-83-22-14-65-3)21-13-67-59(77)69-16-24-85-31-33-88-27-19-72-90(81,82)49-11-7-9-45(35-49)53-41-74(5-2)43-55-51(53)37-47(62)39-57(55)64/h4,6-11,34-39,52-53,65,71H,1,5,12-33,40-43H2,2-3H3,(H,70,78)(H2,66,68,76)(H2,67,69,77)/q-1/t52-,53-/m0/s1. The number of carbonyl (C=O) groups is 3. The monoisotopic (exact) mass is 1370 g/mol. The van der Waals surface area contributed by atoms with Gasteiger partial charge in [-0.3, -0.25) is 4.90 Å². The number of nitrogens with zero attached hydrogens (tertiary/aromatic N) is 4. The van der Waals surface area contributed by atoms with Crippen LogP contribution in [-0.2, 0) is 61.6 Å². The van der Waals surface area contributed by atoms with Crippen molar-refractivity contribution in [2.45, 2.75) is 41.6 Å². The Kier molecular flexibility index (Phi) is 32.4. The number of carbonyl (C=O) groups excluding carboxylic acids is 3. The molecule has 2 aliphatic heterocycles. The Balaban J connectivity index is 0.809. The van der Waals surface area contributed by atoms with E-state index in [1.165, 1.54) is 17.0 Å². The summed E-state index contributed by atoms with van der Waals surface area (Å²) in [4.78, 5) is 44.4. The van der Waals surface area contributed by atoms with E-state index < -0.39 is 38.1 Å². The largest absolute Gasteiger partial charge is 0.543 e. The van der Waals surface area contributed by atoms with Crippen LogP contribution in [0.3, 0.4) is 0 Å². The number of ether oxygens (including phenoxy) is 6. The molecule has 6 amide bonds. The van der Waals surface area contributed by atoms with Crippen molar-refractivity contribution >= 4 is 84.5 Å². The maximum absolute atomic E-state index is 13.3. The highest BCUT2D eigenvalue weighted by Gasteiger charge is 2.30. The minimum absolute atomic E-state index is 0.0295. The molecule has 4 aromatic rings. The predicted octanol–water partition coefficient (Wildman–Crippen LogP) is 6.33. The Morgan fingerprint density at radius 3 is 1.59 bits per heavy atom. The van der Waals surface area contributed by atoms with E-state index in [4.69, 9.17) is 74.8 Å². The molecule has 0 spiro atoms. The fraction of sp³-hybridized carbons (Fsp3) is 0.517. The van der Waals surface area contributed by atoms with Crippen molar-refractivity contribution in [2.24, 2.45) is 0 Å². The summed E-state index contributed by atoms with van der Waals surface area (Å²) in [5.74, 6) is -0.314. The molecule has 6 rings (SSSR count). The van der Waals surface area contributed by atoms with Gasteiger partial charge in [0.1, 0.15) is 10.0 Å². The van der Waals surface area contributed by atoms with Gasteiger partial charge >= 0.3 is 18.1 Å². The molecule has 0 unspecified atom stereocenters. The zero-order valence-corrected chi connectivity index (χ0v) is 55.5. The third-order valence-corrected chi connectivity index (χ3v) is 18.4. The van der Waals surface area contributed by atoms with Crippen molar-refractivity contribution < 1.29 is 59.6 Å². The Morgan fingerprint density at radius 2 is 1.06 bits per heavy atom. The fourth-order valence-electron chi connectivity index (χ4n) is 9.82. The quantitative estimate of drug-likeness (QED) is 0.0239. The normalized spacial score (nSPS) is 15.0. The second-order valence-corrected chi connectivity index (χ2v) is 25.8. The molecule has 0 radical (unpaired) electrons. The van der Waals surface area contributed by atoms with Gasteiger partial charge in [-0.2, -0.15) is 0 Å². The second-order valence-electron chi connectivity index (χ2n) is 20.7. The van der Waals surface area contributed by atoms with Crippen LogP contribution in [0, 0.1) is 0 Å². The van der Waals surface area contributed by atoms with Gasteiger partial charge in [0, 0.05) is 129 Å². The van der Waals surface area contributed by atoms with Crippen molar-refractivity contribution in [2.75, 3.05) is 171 Å².